The van der Waals surface area contributed by atoms with Crippen molar-refractivity contribution in [1.82, 2.24) is 4.57 Å². The zero-order valence-corrected chi connectivity index (χ0v) is 5.46. The van der Waals surface area contributed by atoms with Crippen LogP contribution in [0.5, 0.6) is 0 Å². The van der Waals surface area contributed by atoms with Gasteiger partial charge in [-0.05, 0) is 12.1 Å². The van der Waals surface area contributed by atoms with Gasteiger partial charge >= 0.3 is 0 Å². The molecule has 1 aromatic rings. The molecule has 1 rings (SSSR count). The molecule has 0 fully saturated rings. The average Bonchev–Trinajstić information content (AvgIpc) is 2.18. The van der Waals surface area contributed by atoms with Crippen molar-refractivity contribution in [3.05, 3.63) is 36.3 Å². The average molecular weight is 119 g/mol. The summed E-state index contributed by atoms with van der Waals surface area (Å²) in [6.45, 7) is 3.48. The van der Waals surface area contributed by atoms with Crippen LogP contribution in [0.15, 0.2) is 30.6 Å². The first-order chi connectivity index (χ1) is 4.34. The smallest absolute Gasteiger partial charge is 0.0482 e. The van der Waals surface area contributed by atoms with Gasteiger partial charge in [0.25, 0.3) is 0 Å². The Morgan fingerprint density at radius 1 is 1.78 bits per heavy atom. The number of aryl methyl sites for hydroxylation is 1. The van der Waals surface area contributed by atoms with Gasteiger partial charge in [-0.3, -0.25) is 0 Å². The van der Waals surface area contributed by atoms with Gasteiger partial charge in [-0.15, -0.1) is 5.73 Å². The van der Waals surface area contributed by atoms with E-state index in [1.807, 2.05) is 36.0 Å². The van der Waals surface area contributed by atoms with Gasteiger partial charge in [-0.1, -0.05) is 6.58 Å². The lowest BCUT2D eigenvalue weighted by atomic mass is 10.4. The van der Waals surface area contributed by atoms with Crippen molar-refractivity contribution < 1.29 is 0 Å². The van der Waals surface area contributed by atoms with E-state index in [1.54, 1.807) is 0 Å². The highest BCUT2D eigenvalue weighted by Gasteiger charge is 1.86. The fourth-order valence-electron chi connectivity index (χ4n) is 0.729. The van der Waals surface area contributed by atoms with E-state index in [9.17, 15) is 0 Å². The van der Waals surface area contributed by atoms with Crippen LogP contribution in [0.3, 0.4) is 0 Å². The van der Waals surface area contributed by atoms with E-state index in [0.29, 0.717) is 0 Å². The van der Waals surface area contributed by atoms with E-state index < -0.39 is 0 Å². The normalized spacial score (nSPS) is 8.56. The second-order valence-electron chi connectivity index (χ2n) is 1.89. The Kier molecular flexibility index (Phi) is 1.57. The summed E-state index contributed by atoms with van der Waals surface area (Å²) in [5.41, 5.74) is 3.84. The van der Waals surface area contributed by atoms with E-state index in [-0.39, 0.29) is 0 Å². The molecule has 0 bridgehead atoms. The summed E-state index contributed by atoms with van der Waals surface area (Å²) in [6, 6.07) is 4.00. The molecule has 0 N–H and O–H groups in total. The van der Waals surface area contributed by atoms with E-state index in [4.69, 9.17) is 0 Å². The molecular formula is C8H9N. The first-order valence-electron chi connectivity index (χ1n) is 2.82. The molecule has 0 amide bonds. The minimum atomic E-state index is 1.13. The second kappa shape index (κ2) is 2.38. The highest BCUT2D eigenvalue weighted by molar-refractivity contribution is 5.43. The summed E-state index contributed by atoms with van der Waals surface area (Å²) < 4.78 is 2.01. The summed E-state index contributed by atoms with van der Waals surface area (Å²) >= 11 is 0. The SMILES string of the molecule is C=C=Cc1cccn1C. The van der Waals surface area contributed by atoms with E-state index in [2.05, 4.69) is 12.3 Å². The third-order valence-corrected chi connectivity index (χ3v) is 1.23. The van der Waals surface area contributed by atoms with E-state index >= 15 is 0 Å². The molecule has 9 heavy (non-hydrogen) atoms. The zero-order valence-electron chi connectivity index (χ0n) is 5.46. The predicted octanol–water partition coefficient (Wildman–Crippen LogP) is 1.82. The molecule has 0 saturated heterocycles. The van der Waals surface area contributed by atoms with Crippen molar-refractivity contribution in [2.75, 3.05) is 0 Å². The molecular weight excluding hydrogens is 110 g/mol. The van der Waals surface area contributed by atoms with E-state index in [1.165, 1.54) is 0 Å². The van der Waals surface area contributed by atoms with Crippen LogP contribution in [-0.4, -0.2) is 4.57 Å². The van der Waals surface area contributed by atoms with Crippen LogP contribution in [0.25, 0.3) is 6.08 Å². The van der Waals surface area contributed by atoms with Crippen LogP contribution in [0.4, 0.5) is 0 Å². The summed E-state index contributed by atoms with van der Waals surface area (Å²) in [4.78, 5) is 0. The molecule has 0 atom stereocenters. The Balaban J connectivity index is 3.07. The summed E-state index contributed by atoms with van der Waals surface area (Å²) in [5.74, 6) is 0. The third kappa shape index (κ3) is 1.13. The Bertz CT molecular complexity index is 239. The van der Waals surface area contributed by atoms with Crippen molar-refractivity contribution in [2.24, 2.45) is 7.05 Å². The lowest BCUT2D eigenvalue weighted by Crippen LogP contribution is -1.85. The third-order valence-electron chi connectivity index (χ3n) is 1.23. The van der Waals surface area contributed by atoms with Crippen LogP contribution in [-0.2, 0) is 7.05 Å². The molecule has 1 heterocycles. The molecule has 0 saturated carbocycles. The minimum Gasteiger partial charge on any atom is -0.351 e. The Hall–Kier alpha value is -1.20. The van der Waals surface area contributed by atoms with Crippen LogP contribution in [0, 0.1) is 0 Å². The van der Waals surface area contributed by atoms with Crippen molar-refractivity contribution in [1.29, 1.82) is 0 Å². The van der Waals surface area contributed by atoms with E-state index in [0.717, 1.165) is 5.69 Å². The van der Waals surface area contributed by atoms with Crippen LogP contribution >= 0.6 is 0 Å². The molecule has 1 nitrogen and oxygen atoms in total. The Labute approximate surface area is 54.9 Å². The van der Waals surface area contributed by atoms with Crippen molar-refractivity contribution >= 4 is 6.08 Å². The van der Waals surface area contributed by atoms with Gasteiger partial charge < -0.3 is 4.57 Å². The summed E-state index contributed by atoms with van der Waals surface area (Å²) in [6.07, 6.45) is 3.84. The molecule has 1 aromatic heterocycles. The maximum Gasteiger partial charge on any atom is 0.0482 e. The van der Waals surface area contributed by atoms with Gasteiger partial charge in [0.1, 0.15) is 0 Å². The monoisotopic (exact) mass is 119 g/mol. The van der Waals surface area contributed by atoms with Gasteiger partial charge in [0.15, 0.2) is 0 Å². The molecule has 46 valence electrons. The molecule has 0 aliphatic heterocycles. The minimum absolute atomic E-state index is 1.13. The lowest BCUT2D eigenvalue weighted by molar-refractivity contribution is 0.915. The van der Waals surface area contributed by atoms with Crippen LogP contribution in [0.1, 0.15) is 5.69 Å². The van der Waals surface area contributed by atoms with Gasteiger partial charge in [-0.2, -0.15) is 0 Å². The largest absolute Gasteiger partial charge is 0.351 e. The maximum atomic E-state index is 3.48. The standard InChI is InChI=1S/C8H9N/c1-3-5-8-6-4-7-9(8)2/h4-7H,1H2,2H3. The maximum absolute atomic E-state index is 3.48. The number of aromatic nitrogens is 1. The predicted molar refractivity (Wildman–Crippen MR) is 39.0 cm³/mol. The van der Waals surface area contributed by atoms with Gasteiger partial charge in [0, 0.05) is 25.0 Å². The molecule has 1 heteroatoms. The van der Waals surface area contributed by atoms with Gasteiger partial charge in [0.05, 0.1) is 0 Å². The second-order valence-corrected chi connectivity index (χ2v) is 1.89. The molecule has 0 aromatic carbocycles. The van der Waals surface area contributed by atoms with Gasteiger partial charge in [0.2, 0.25) is 0 Å². The van der Waals surface area contributed by atoms with Crippen LogP contribution < -0.4 is 0 Å². The quantitative estimate of drug-likeness (QED) is 0.497. The highest BCUT2D eigenvalue weighted by atomic mass is 14.9. The molecule has 0 unspecified atom stereocenters. The number of rotatable bonds is 1. The fraction of sp³-hybridized carbons (Fsp3) is 0.125. The zero-order chi connectivity index (χ0) is 6.69. The summed E-state index contributed by atoms with van der Waals surface area (Å²) in [7, 11) is 1.99. The number of hydrogen-bond donors (Lipinski definition) is 0. The first kappa shape index (κ1) is 5.93. The van der Waals surface area contributed by atoms with Crippen LogP contribution in [0.2, 0.25) is 0 Å². The lowest BCUT2D eigenvalue weighted by Gasteiger charge is -1.91. The fourth-order valence-corrected chi connectivity index (χ4v) is 0.729. The number of hydrogen-bond acceptors (Lipinski definition) is 0. The molecule has 0 radical (unpaired) electrons. The van der Waals surface area contributed by atoms with Crippen molar-refractivity contribution in [3.63, 3.8) is 0 Å². The van der Waals surface area contributed by atoms with Crippen molar-refractivity contribution in [3.8, 4) is 0 Å². The topological polar surface area (TPSA) is 4.93 Å². The molecule has 0 aliphatic carbocycles. The Morgan fingerprint density at radius 3 is 3.00 bits per heavy atom. The first-order valence-corrected chi connectivity index (χ1v) is 2.82. The molecule has 0 aliphatic rings. The van der Waals surface area contributed by atoms with Gasteiger partial charge in [-0.25, -0.2) is 0 Å². The summed E-state index contributed by atoms with van der Waals surface area (Å²) in [5, 5.41) is 0. The highest BCUT2D eigenvalue weighted by Crippen LogP contribution is 1.99. The Morgan fingerprint density at radius 2 is 2.56 bits per heavy atom. The van der Waals surface area contributed by atoms with Crippen molar-refractivity contribution in [2.45, 2.75) is 0 Å². The number of nitrogens with zero attached hydrogens (tertiary/aromatic N) is 1. The molecule has 0 spiro atoms.